The Bertz CT molecular complexity index is 320. The molecule has 1 rings (SSSR count). The van der Waals surface area contributed by atoms with E-state index in [4.69, 9.17) is 5.11 Å². The molecule has 0 aromatic carbocycles. The number of carbonyl (C=O) groups excluding carboxylic acids is 1. The van der Waals surface area contributed by atoms with Gasteiger partial charge in [0, 0.05) is 12.1 Å². The molecule has 0 radical (unpaired) electrons. The first kappa shape index (κ1) is 15.8. The van der Waals surface area contributed by atoms with Crippen molar-refractivity contribution < 1.29 is 14.7 Å². The molecule has 0 heterocycles. The summed E-state index contributed by atoms with van der Waals surface area (Å²) in [6.45, 7) is 6.27. The van der Waals surface area contributed by atoms with Gasteiger partial charge in [-0.15, -0.1) is 0 Å². The Morgan fingerprint density at radius 3 is 2.58 bits per heavy atom. The minimum Gasteiger partial charge on any atom is -0.481 e. The zero-order valence-corrected chi connectivity index (χ0v) is 12.1. The van der Waals surface area contributed by atoms with Crippen molar-refractivity contribution >= 4 is 12.0 Å². The maximum Gasteiger partial charge on any atom is 0.315 e. The molecule has 5 heteroatoms. The number of amides is 2. The van der Waals surface area contributed by atoms with Crippen molar-refractivity contribution in [2.75, 3.05) is 0 Å². The maximum absolute atomic E-state index is 11.8. The topological polar surface area (TPSA) is 78.4 Å². The molecular formula is C14H26N2O3. The van der Waals surface area contributed by atoms with Crippen molar-refractivity contribution in [2.45, 2.75) is 65.0 Å². The molecule has 2 amide bonds. The minimum atomic E-state index is -0.810. The highest BCUT2D eigenvalue weighted by Gasteiger charge is 2.33. The molecule has 3 N–H and O–H groups in total. The SMILES string of the molecule is CCC(C)CC(C)NC(=O)NC1CCCC1C(=O)O. The van der Waals surface area contributed by atoms with Gasteiger partial charge in [0.2, 0.25) is 0 Å². The third-order valence-electron chi connectivity index (χ3n) is 3.98. The highest BCUT2D eigenvalue weighted by Crippen LogP contribution is 2.25. The normalized spacial score (nSPS) is 25.6. The van der Waals surface area contributed by atoms with Crippen molar-refractivity contribution in [1.82, 2.24) is 10.6 Å². The lowest BCUT2D eigenvalue weighted by Crippen LogP contribution is -2.48. The van der Waals surface area contributed by atoms with Gasteiger partial charge in [0.05, 0.1) is 5.92 Å². The molecule has 0 spiro atoms. The van der Waals surface area contributed by atoms with Crippen LogP contribution in [0.4, 0.5) is 4.79 Å². The van der Waals surface area contributed by atoms with Crippen molar-refractivity contribution in [2.24, 2.45) is 11.8 Å². The summed E-state index contributed by atoms with van der Waals surface area (Å²) >= 11 is 0. The van der Waals surface area contributed by atoms with E-state index in [9.17, 15) is 9.59 Å². The van der Waals surface area contributed by atoms with E-state index in [1.807, 2.05) is 6.92 Å². The van der Waals surface area contributed by atoms with Crippen molar-refractivity contribution in [3.05, 3.63) is 0 Å². The van der Waals surface area contributed by atoms with Gasteiger partial charge < -0.3 is 15.7 Å². The first-order valence-electron chi connectivity index (χ1n) is 7.23. The molecule has 0 aromatic heterocycles. The van der Waals surface area contributed by atoms with E-state index < -0.39 is 11.9 Å². The monoisotopic (exact) mass is 270 g/mol. The summed E-state index contributed by atoms with van der Waals surface area (Å²) < 4.78 is 0. The molecule has 1 aliphatic rings. The number of nitrogens with one attached hydrogen (secondary N) is 2. The van der Waals surface area contributed by atoms with Gasteiger partial charge in [-0.25, -0.2) is 4.79 Å². The fraction of sp³-hybridized carbons (Fsp3) is 0.857. The predicted octanol–water partition coefficient (Wildman–Crippen LogP) is 2.36. The Kier molecular flexibility index (Phi) is 6.12. The Morgan fingerprint density at radius 2 is 2.00 bits per heavy atom. The van der Waals surface area contributed by atoms with Crippen molar-refractivity contribution in [3.8, 4) is 0 Å². The Labute approximate surface area is 115 Å². The highest BCUT2D eigenvalue weighted by molar-refractivity contribution is 5.77. The van der Waals surface area contributed by atoms with Gasteiger partial charge in [-0.2, -0.15) is 0 Å². The molecular weight excluding hydrogens is 244 g/mol. The number of carboxylic acids is 1. The van der Waals surface area contributed by atoms with Crippen LogP contribution >= 0.6 is 0 Å². The predicted molar refractivity (Wildman–Crippen MR) is 74.0 cm³/mol. The smallest absolute Gasteiger partial charge is 0.315 e. The van der Waals surface area contributed by atoms with Crippen LogP contribution in [0, 0.1) is 11.8 Å². The van der Waals surface area contributed by atoms with Gasteiger partial charge in [-0.1, -0.05) is 26.7 Å². The number of urea groups is 1. The summed E-state index contributed by atoms with van der Waals surface area (Å²) in [4.78, 5) is 22.9. The second-order valence-corrected chi connectivity index (χ2v) is 5.75. The molecule has 0 saturated heterocycles. The molecule has 4 unspecified atom stereocenters. The Balaban J connectivity index is 2.36. The second kappa shape index (κ2) is 7.36. The Hall–Kier alpha value is -1.26. The second-order valence-electron chi connectivity index (χ2n) is 5.75. The Morgan fingerprint density at radius 1 is 1.32 bits per heavy atom. The molecule has 1 fully saturated rings. The highest BCUT2D eigenvalue weighted by atomic mass is 16.4. The fourth-order valence-corrected chi connectivity index (χ4v) is 2.69. The summed E-state index contributed by atoms with van der Waals surface area (Å²) in [6, 6.07) is -0.359. The van der Waals surface area contributed by atoms with Crippen LogP contribution in [-0.2, 0) is 4.79 Å². The molecule has 19 heavy (non-hydrogen) atoms. The zero-order valence-electron chi connectivity index (χ0n) is 12.1. The van der Waals surface area contributed by atoms with E-state index in [0.717, 1.165) is 25.7 Å². The summed E-state index contributed by atoms with van der Waals surface area (Å²) in [6.07, 6.45) is 4.31. The molecule has 4 atom stereocenters. The molecule has 0 aliphatic heterocycles. The van der Waals surface area contributed by atoms with Crippen LogP contribution in [0.2, 0.25) is 0 Å². The first-order chi connectivity index (χ1) is 8.93. The average Bonchev–Trinajstić information content (AvgIpc) is 2.76. The largest absolute Gasteiger partial charge is 0.481 e. The van der Waals surface area contributed by atoms with E-state index in [-0.39, 0.29) is 18.1 Å². The fourth-order valence-electron chi connectivity index (χ4n) is 2.69. The summed E-state index contributed by atoms with van der Waals surface area (Å²) in [5, 5.41) is 14.7. The maximum atomic E-state index is 11.8. The van der Waals surface area contributed by atoms with Gasteiger partial charge in [0.25, 0.3) is 0 Å². The van der Waals surface area contributed by atoms with E-state index in [1.54, 1.807) is 0 Å². The van der Waals surface area contributed by atoms with Crippen LogP contribution < -0.4 is 10.6 Å². The van der Waals surface area contributed by atoms with E-state index >= 15 is 0 Å². The van der Waals surface area contributed by atoms with Crippen LogP contribution in [0.15, 0.2) is 0 Å². The zero-order chi connectivity index (χ0) is 14.4. The van der Waals surface area contributed by atoms with Gasteiger partial charge in [-0.3, -0.25) is 4.79 Å². The van der Waals surface area contributed by atoms with Crippen LogP contribution in [0.3, 0.4) is 0 Å². The van der Waals surface area contributed by atoms with Crippen LogP contribution in [0.25, 0.3) is 0 Å². The van der Waals surface area contributed by atoms with Crippen molar-refractivity contribution in [3.63, 3.8) is 0 Å². The molecule has 0 aromatic rings. The summed E-state index contributed by atoms with van der Waals surface area (Å²) in [5.74, 6) is -0.667. The molecule has 1 aliphatic carbocycles. The number of aliphatic carboxylic acids is 1. The third-order valence-corrected chi connectivity index (χ3v) is 3.98. The lowest BCUT2D eigenvalue weighted by atomic mass is 10.0. The number of hydrogen-bond acceptors (Lipinski definition) is 2. The molecule has 0 bridgehead atoms. The number of rotatable bonds is 6. The lowest BCUT2D eigenvalue weighted by Gasteiger charge is -2.21. The average molecular weight is 270 g/mol. The molecule has 1 saturated carbocycles. The summed E-state index contributed by atoms with van der Waals surface area (Å²) in [7, 11) is 0. The first-order valence-corrected chi connectivity index (χ1v) is 7.23. The van der Waals surface area contributed by atoms with Crippen LogP contribution in [0.1, 0.15) is 52.9 Å². The number of carbonyl (C=O) groups is 2. The van der Waals surface area contributed by atoms with E-state index in [2.05, 4.69) is 24.5 Å². The molecule has 110 valence electrons. The minimum absolute atomic E-state index is 0.111. The van der Waals surface area contributed by atoms with E-state index in [1.165, 1.54) is 0 Å². The summed E-state index contributed by atoms with van der Waals surface area (Å²) in [5.41, 5.74) is 0. The van der Waals surface area contributed by atoms with Crippen LogP contribution in [0.5, 0.6) is 0 Å². The van der Waals surface area contributed by atoms with E-state index in [0.29, 0.717) is 12.3 Å². The van der Waals surface area contributed by atoms with Gasteiger partial charge in [0.15, 0.2) is 0 Å². The quantitative estimate of drug-likeness (QED) is 0.693. The third kappa shape index (κ3) is 5.09. The standard InChI is InChI=1S/C14H26N2O3/c1-4-9(2)8-10(3)15-14(19)16-12-7-5-6-11(12)13(17)18/h9-12H,4-8H2,1-3H3,(H,17,18)(H2,15,16,19). The number of carboxylic acid groups (broad SMARTS) is 1. The number of hydrogen-bond donors (Lipinski definition) is 3. The van der Waals surface area contributed by atoms with Crippen molar-refractivity contribution in [1.29, 1.82) is 0 Å². The van der Waals surface area contributed by atoms with Gasteiger partial charge in [0.1, 0.15) is 0 Å². The van der Waals surface area contributed by atoms with Gasteiger partial charge >= 0.3 is 12.0 Å². The van der Waals surface area contributed by atoms with Gasteiger partial charge in [-0.05, 0) is 32.1 Å². The molecule has 5 nitrogen and oxygen atoms in total. The van der Waals surface area contributed by atoms with Crippen LogP contribution in [-0.4, -0.2) is 29.2 Å². The lowest BCUT2D eigenvalue weighted by molar-refractivity contribution is -0.142.